The predicted molar refractivity (Wildman–Crippen MR) is 81.7 cm³/mol. The molecule has 2 heterocycles. The molecular weight excluding hydrogens is 250 g/mol. The Kier molecular flexibility index (Phi) is 4.74. The number of aromatic nitrogens is 3. The van der Waals surface area contributed by atoms with Crippen LogP contribution < -0.4 is 10.2 Å². The lowest BCUT2D eigenvalue weighted by molar-refractivity contribution is 0.721. The Morgan fingerprint density at radius 2 is 2.15 bits per heavy atom. The van der Waals surface area contributed by atoms with E-state index < -0.39 is 0 Å². The van der Waals surface area contributed by atoms with E-state index in [0.29, 0.717) is 0 Å². The Balaban J connectivity index is 2.10. The average molecular weight is 273 g/mol. The van der Waals surface area contributed by atoms with Crippen LogP contribution in [0.25, 0.3) is 0 Å². The third-order valence-corrected chi connectivity index (χ3v) is 3.35. The number of imidazole rings is 1. The number of pyridine rings is 1. The normalized spacial score (nSPS) is 10.8. The first-order valence-electron chi connectivity index (χ1n) is 6.95. The van der Waals surface area contributed by atoms with E-state index in [4.69, 9.17) is 0 Å². The van der Waals surface area contributed by atoms with Crippen LogP contribution in [-0.4, -0.2) is 28.1 Å². The number of nitrogens with one attached hydrogen (secondary N) is 1. The Labute approximate surface area is 120 Å². The summed E-state index contributed by atoms with van der Waals surface area (Å²) in [5.74, 6) is 2.04. The van der Waals surface area contributed by atoms with Crippen molar-refractivity contribution in [3.63, 3.8) is 0 Å². The zero-order valence-electron chi connectivity index (χ0n) is 12.7. The molecule has 0 saturated heterocycles. The van der Waals surface area contributed by atoms with Crippen molar-refractivity contribution >= 4 is 5.82 Å². The summed E-state index contributed by atoms with van der Waals surface area (Å²) >= 11 is 0. The van der Waals surface area contributed by atoms with Gasteiger partial charge in [-0.25, -0.2) is 9.97 Å². The van der Waals surface area contributed by atoms with Gasteiger partial charge in [0.15, 0.2) is 0 Å². The molecule has 0 radical (unpaired) electrons. The quantitative estimate of drug-likeness (QED) is 0.873. The molecule has 0 aliphatic rings. The minimum absolute atomic E-state index is 0.754. The SMILES string of the molecule is CCNCc1cnc(N(C)Cc2nccn2C)c(C)c1. The maximum Gasteiger partial charge on any atom is 0.131 e. The Hall–Kier alpha value is -1.88. The molecule has 0 aliphatic heterocycles. The minimum atomic E-state index is 0.754. The fourth-order valence-corrected chi connectivity index (χ4v) is 2.23. The molecule has 5 nitrogen and oxygen atoms in total. The second-order valence-electron chi connectivity index (χ2n) is 5.07. The summed E-state index contributed by atoms with van der Waals surface area (Å²) in [5.41, 5.74) is 2.41. The lowest BCUT2D eigenvalue weighted by Gasteiger charge is -2.20. The van der Waals surface area contributed by atoms with Gasteiger partial charge in [-0.2, -0.15) is 0 Å². The number of rotatable bonds is 6. The van der Waals surface area contributed by atoms with E-state index >= 15 is 0 Å². The van der Waals surface area contributed by atoms with Crippen LogP contribution in [0.2, 0.25) is 0 Å². The van der Waals surface area contributed by atoms with Crippen LogP contribution in [0.5, 0.6) is 0 Å². The van der Waals surface area contributed by atoms with Crippen molar-refractivity contribution in [1.82, 2.24) is 19.9 Å². The van der Waals surface area contributed by atoms with E-state index in [1.807, 2.05) is 37.3 Å². The molecule has 5 heteroatoms. The van der Waals surface area contributed by atoms with Crippen molar-refractivity contribution in [3.8, 4) is 0 Å². The summed E-state index contributed by atoms with van der Waals surface area (Å²) in [7, 11) is 4.06. The Morgan fingerprint density at radius 3 is 2.75 bits per heavy atom. The maximum atomic E-state index is 4.59. The second kappa shape index (κ2) is 6.52. The Bertz CT molecular complexity index is 561. The van der Waals surface area contributed by atoms with Gasteiger partial charge in [-0.15, -0.1) is 0 Å². The van der Waals surface area contributed by atoms with Crippen LogP contribution in [0, 0.1) is 6.92 Å². The highest BCUT2D eigenvalue weighted by molar-refractivity contribution is 5.46. The monoisotopic (exact) mass is 273 g/mol. The van der Waals surface area contributed by atoms with Crippen molar-refractivity contribution in [2.24, 2.45) is 7.05 Å². The fourth-order valence-electron chi connectivity index (χ4n) is 2.23. The van der Waals surface area contributed by atoms with Crippen LogP contribution in [0.3, 0.4) is 0 Å². The molecule has 2 aromatic heterocycles. The van der Waals surface area contributed by atoms with Gasteiger partial charge >= 0.3 is 0 Å². The summed E-state index contributed by atoms with van der Waals surface area (Å²) in [6, 6.07) is 2.19. The van der Waals surface area contributed by atoms with Gasteiger partial charge < -0.3 is 14.8 Å². The summed E-state index contributed by atoms with van der Waals surface area (Å²) in [4.78, 5) is 11.1. The zero-order chi connectivity index (χ0) is 14.5. The molecule has 2 aromatic rings. The molecular formula is C15H23N5. The van der Waals surface area contributed by atoms with Crippen molar-refractivity contribution in [2.45, 2.75) is 26.9 Å². The van der Waals surface area contributed by atoms with Gasteiger partial charge in [-0.1, -0.05) is 6.92 Å². The van der Waals surface area contributed by atoms with Crippen LogP contribution in [0.15, 0.2) is 24.7 Å². The van der Waals surface area contributed by atoms with Crippen molar-refractivity contribution in [3.05, 3.63) is 41.6 Å². The molecule has 0 saturated carbocycles. The first kappa shape index (κ1) is 14.5. The molecule has 0 bridgehead atoms. The second-order valence-corrected chi connectivity index (χ2v) is 5.07. The molecule has 0 atom stereocenters. The van der Waals surface area contributed by atoms with E-state index in [2.05, 4.69) is 40.1 Å². The topological polar surface area (TPSA) is 46.0 Å². The number of nitrogens with zero attached hydrogens (tertiary/aromatic N) is 4. The van der Waals surface area contributed by atoms with Gasteiger partial charge in [-0.3, -0.25) is 0 Å². The van der Waals surface area contributed by atoms with E-state index in [1.165, 1.54) is 11.1 Å². The first-order chi connectivity index (χ1) is 9.61. The summed E-state index contributed by atoms with van der Waals surface area (Å²) < 4.78 is 2.03. The highest BCUT2D eigenvalue weighted by Crippen LogP contribution is 2.18. The largest absolute Gasteiger partial charge is 0.352 e. The molecule has 0 fully saturated rings. The molecule has 2 rings (SSSR count). The molecule has 0 aromatic carbocycles. The summed E-state index contributed by atoms with van der Waals surface area (Å²) in [6.07, 6.45) is 5.73. The van der Waals surface area contributed by atoms with Gasteiger partial charge in [-0.05, 0) is 30.7 Å². The Morgan fingerprint density at radius 1 is 1.35 bits per heavy atom. The highest BCUT2D eigenvalue weighted by Gasteiger charge is 2.10. The molecule has 20 heavy (non-hydrogen) atoms. The van der Waals surface area contributed by atoms with E-state index in [1.54, 1.807) is 0 Å². The standard InChI is InChI=1S/C15H23N5/c1-5-16-9-13-8-12(2)15(18-10-13)20(4)11-14-17-6-7-19(14)3/h6-8,10,16H,5,9,11H2,1-4H3. The zero-order valence-corrected chi connectivity index (χ0v) is 12.7. The fraction of sp³-hybridized carbons (Fsp3) is 0.467. The third kappa shape index (κ3) is 3.36. The van der Waals surface area contributed by atoms with Crippen LogP contribution in [-0.2, 0) is 20.1 Å². The molecule has 0 spiro atoms. The molecule has 1 N–H and O–H groups in total. The summed E-state index contributed by atoms with van der Waals surface area (Å²) in [5, 5.41) is 3.32. The van der Waals surface area contributed by atoms with Gasteiger partial charge in [0.25, 0.3) is 0 Å². The number of hydrogen-bond donors (Lipinski definition) is 1. The van der Waals surface area contributed by atoms with E-state index in [9.17, 15) is 0 Å². The maximum absolute atomic E-state index is 4.59. The van der Waals surface area contributed by atoms with E-state index in [-0.39, 0.29) is 0 Å². The molecule has 0 aliphatic carbocycles. The van der Waals surface area contributed by atoms with Gasteiger partial charge in [0.1, 0.15) is 11.6 Å². The first-order valence-corrected chi connectivity index (χ1v) is 6.95. The smallest absolute Gasteiger partial charge is 0.131 e. The van der Waals surface area contributed by atoms with Gasteiger partial charge in [0, 0.05) is 39.2 Å². The average Bonchev–Trinajstić information content (AvgIpc) is 2.82. The van der Waals surface area contributed by atoms with Crippen molar-refractivity contribution < 1.29 is 0 Å². The predicted octanol–water partition coefficient (Wildman–Crippen LogP) is 1.87. The highest BCUT2D eigenvalue weighted by atomic mass is 15.2. The molecule has 108 valence electrons. The van der Waals surface area contributed by atoms with Gasteiger partial charge in [0.05, 0.1) is 6.54 Å². The number of aryl methyl sites for hydroxylation is 2. The third-order valence-electron chi connectivity index (χ3n) is 3.35. The molecule has 0 unspecified atom stereocenters. The lowest BCUT2D eigenvalue weighted by Crippen LogP contribution is -2.21. The summed E-state index contributed by atoms with van der Waals surface area (Å²) in [6.45, 7) is 6.81. The van der Waals surface area contributed by atoms with Crippen LogP contribution >= 0.6 is 0 Å². The number of hydrogen-bond acceptors (Lipinski definition) is 4. The minimum Gasteiger partial charge on any atom is -0.352 e. The molecule has 0 amide bonds. The van der Waals surface area contributed by atoms with Crippen LogP contribution in [0.1, 0.15) is 23.9 Å². The van der Waals surface area contributed by atoms with Crippen molar-refractivity contribution in [1.29, 1.82) is 0 Å². The van der Waals surface area contributed by atoms with E-state index in [0.717, 1.165) is 31.3 Å². The van der Waals surface area contributed by atoms with Gasteiger partial charge in [0.2, 0.25) is 0 Å². The number of anilines is 1. The van der Waals surface area contributed by atoms with Crippen molar-refractivity contribution in [2.75, 3.05) is 18.5 Å². The van der Waals surface area contributed by atoms with Crippen LogP contribution in [0.4, 0.5) is 5.82 Å². The lowest BCUT2D eigenvalue weighted by atomic mass is 10.2.